The lowest BCUT2D eigenvalue weighted by Crippen LogP contribution is -2.46. The average molecular weight is 212 g/mol. The molecule has 0 radical (unpaired) electrons. The highest BCUT2D eigenvalue weighted by Gasteiger charge is 2.49. The Kier molecular flexibility index (Phi) is 2.73. The molecular weight excluding hydrogens is 192 g/mol. The van der Waals surface area contributed by atoms with Gasteiger partial charge in [0, 0.05) is 24.7 Å². The molecular formula is C11H20N2O2. The molecule has 2 aliphatic rings. The summed E-state index contributed by atoms with van der Waals surface area (Å²) in [6, 6.07) is 0.648. The fourth-order valence-electron chi connectivity index (χ4n) is 2.80. The van der Waals surface area contributed by atoms with Gasteiger partial charge >= 0.3 is 5.97 Å². The van der Waals surface area contributed by atoms with Crippen LogP contribution >= 0.6 is 0 Å². The van der Waals surface area contributed by atoms with Crippen molar-refractivity contribution in [3.8, 4) is 0 Å². The minimum Gasteiger partial charge on any atom is -0.481 e. The van der Waals surface area contributed by atoms with Crippen molar-refractivity contribution in [3.63, 3.8) is 0 Å². The van der Waals surface area contributed by atoms with E-state index in [4.69, 9.17) is 10.8 Å². The zero-order valence-corrected chi connectivity index (χ0v) is 9.39. The molecule has 0 spiro atoms. The first-order valence-corrected chi connectivity index (χ1v) is 5.76. The van der Waals surface area contributed by atoms with Gasteiger partial charge in [-0.3, -0.25) is 9.69 Å². The van der Waals surface area contributed by atoms with Crippen LogP contribution in [0.1, 0.15) is 26.7 Å². The molecule has 1 heterocycles. The molecule has 1 saturated carbocycles. The summed E-state index contributed by atoms with van der Waals surface area (Å²) in [5.41, 5.74) is 6.06. The minimum atomic E-state index is -0.740. The van der Waals surface area contributed by atoms with Crippen LogP contribution in [0.5, 0.6) is 0 Å². The second kappa shape index (κ2) is 3.76. The summed E-state index contributed by atoms with van der Waals surface area (Å²) in [5.74, 6) is -0.681. The highest BCUT2D eigenvalue weighted by molar-refractivity contribution is 5.72. The van der Waals surface area contributed by atoms with E-state index in [9.17, 15) is 4.79 Å². The minimum absolute atomic E-state index is 0.205. The van der Waals surface area contributed by atoms with Gasteiger partial charge in [-0.1, -0.05) is 13.8 Å². The lowest BCUT2D eigenvalue weighted by molar-refractivity contribution is -0.141. The van der Waals surface area contributed by atoms with Crippen molar-refractivity contribution in [1.82, 2.24) is 4.90 Å². The van der Waals surface area contributed by atoms with E-state index in [1.165, 1.54) is 12.8 Å². The summed E-state index contributed by atoms with van der Waals surface area (Å²) in [4.78, 5) is 13.4. The first-order valence-electron chi connectivity index (χ1n) is 5.76. The van der Waals surface area contributed by atoms with E-state index < -0.39 is 5.97 Å². The lowest BCUT2D eigenvalue weighted by Gasteiger charge is -2.29. The molecule has 86 valence electrons. The van der Waals surface area contributed by atoms with Gasteiger partial charge in [-0.25, -0.2) is 0 Å². The molecule has 0 bridgehead atoms. The average Bonchev–Trinajstić information content (AvgIpc) is 2.89. The van der Waals surface area contributed by atoms with Gasteiger partial charge in [-0.05, 0) is 18.8 Å². The van der Waals surface area contributed by atoms with Crippen LogP contribution in [0.4, 0.5) is 0 Å². The van der Waals surface area contributed by atoms with Crippen molar-refractivity contribution in [2.24, 2.45) is 17.6 Å². The number of hydrogen-bond donors (Lipinski definition) is 2. The molecule has 3 atom stereocenters. The molecule has 1 saturated heterocycles. The standard InChI is InChI=1S/C11H20N2O2/c1-6(2)10-9(12)8(11(14)15)5-13(10)7-3-4-7/h6-10H,3-5,12H2,1-2H3,(H,14,15). The number of nitrogens with zero attached hydrogens (tertiary/aromatic N) is 1. The van der Waals surface area contributed by atoms with E-state index in [1.54, 1.807) is 0 Å². The number of likely N-dealkylation sites (tertiary alicyclic amines) is 1. The van der Waals surface area contributed by atoms with Crippen molar-refractivity contribution >= 4 is 5.97 Å². The Balaban J connectivity index is 2.14. The zero-order valence-electron chi connectivity index (χ0n) is 9.39. The van der Waals surface area contributed by atoms with Gasteiger partial charge < -0.3 is 10.8 Å². The topological polar surface area (TPSA) is 66.6 Å². The van der Waals surface area contributed by atoms with E-state index in [1.807, 2.05) is 0 Å². The van der Waals surface area contributed by atoms with Crippen LogP contribution in [0, 0.1) is 11.8 Å². The van der Waals surface area contributed by atoms with E-state index >= 15 is 0 Å². The Labute approximate surface area is 90.4 Å². The van der Waals surface area contributed by atoms with Gasteiger partial charge in [0.25, 0.3) is 0 Å². The molecule has 0 amide bonds. The van der Waals surface area contributed by atoms with Crippen molar-refractivity contribution in [1.29, 1.82) is 0 Å². The van der Waals surface area contributed by atoms with Gasteiger partial charge in [0.05, 0.1) is 5.92 Å². The first kappa shape index (κ1) is 10.9. The summed E-state index contributed by atoms with van der Waals surface area (Å²) in [5, 5.41) is 9.10. The Hall–Kier alpha value is -0.610. The molecule has 3 N–H and O–H groups in total. The summed E-state index contributed by atoms with van der Waals surface area (Å²) >= 11 is 0. The Morgan fingerprint density at radius 1 is 1.47 bits per heavy atom. The molecule has 2 fully saturated rings. The summed E-state index contributed by atoms with van der Waals surface area (Å²) in [7, 11) is 0. The largest absolute Gasteiger partial charge is 0.481 e. The van der Waals surface area contributed by atoms with Crippen LogP contribution in [0.3, 0.4) is 0 Å². The summed E-state index contributed by atoms with van der Waals surface area (Å²) in [6.45, 7) is 4.90. The third-order valence-corrected chi connectivity index (χ3v) is 3.67. The number of carboxylic acids is 1. The Morgan fingerprint density at radius 2 is 2.07 bits per heavy atom. The van der Waals surface area contributed by atoms with Gasteiger partial charge in [-0.15, -0.1) is 0 Å². The second-order valence-corrected chi connectivity index (χ2v) is 5.18. The molecule has 15 heavy (non-hydrogen) atoms. The Morgan fingerprint density at radius 3 is 2.47 bits per heavy atom. The SMILES string of the molecule is CC(C)C1C(N)C(C(=O)O)CN1C1CC1. The molecule has 2 rings (SSSR count). The third kappa shape index (κ3) is 1.88. The van der Waals surface area contributed by atoms with Crippen LogP contribution in [-0.4, -0.2) is 40.6 Å². The third-order valence-electron chi connectivity index (χ3n) is 3.67. The van der Waals surface area contributed by atoms with Gasteiger partial charge in [0.2, 0.25) is 0 Å². The number of aliphatic carboxylic acids is 1. The number of nitrogens with two attached hydrogens (primary N) is 1. The maximum Gasteiger partial charge on any atom is 0.309 e. The number of hydrogen-bond acceptors (Lipinski definition) is 3. The fraction of sp³-hybridized carbons (Fsp3) is 0.909. The molecule has 4 heteroatoms. The van der Waals surface area contributed by atoms with E-state index in [2.05, 4.69) is 18.7 Å². The highest BCUT2D eigenvalue weighted by Crippen LogP contribution is 2.37. The van der Waals surface area contributed by atoms with Crippen LogP contribution in [-0.2, 0) is 4.79 Å². The molecule has 1 aliphatic carbocycles. The zero-order chi connectivity index (χ0) is 11.2. The first-order chi connectivity index (χ1) is 7.02. The number of rotatable bonds is 3. The maximum absolute atomic E-state index is 11.1. The second-order valence-electron chi connectivity index (χ2n) is 5.18. The van der Waals surface area contributed by atoms with Gasteiger partial charge in [-0.2, -0.15) is 0 Å². The van der Waals surface area contributed by atoms with Crippen LogP contribution in [0.2, 0.25) is 0 Å². The molecule has 0 aromatic carbocycles. The lowest BCUT2D eigenvalue weighted by atomic mass is 9.92. The normalized spacial score (nSPS) is 37.5. The summed E-state index contributed by atoms with van der Waals surface area (Å²) in [6.07, 6.45) is 2.42. The van der Waals surface area contributed by atoms with Crippen molar-refractivity contribution in [2.45, 2.75) is 44.8 Å². The predicted molar refractivity (Wildman–Crippen MR) is 57.5 cm³/mol. The van der Waals surface area contributed by atoms with Crippen LogP contribution < -0.4 is 5.73 Å². The van der Waals surface area contributed by atoms with E-state index in [0.29, 0.717) is 18.5 Å². The molecule has 0 aromatic heterocycles. The molecule has 1 aliphatic heterocycles. The monoisotopic (exact) mass is 212 g/mol. The molecule has 4 nitrogen and oxygen atoms in total. The van der Waals surface area contributed by atoms with E-state index in [-0.39, 0.29) is 18.0 Å². The van der Waals surface area contributed by atoms with Crippen molar-refractivity contribution in [3.05, 3.63) is 0 Å². The summed E-state index contributed by atoms with van der Waals surface area (Å²) < 4.78 is 0. The maximum atomic E-state index is 11.1. The van der Waals surface area contributed by atoms with E-state index in [0.717, 1.165) is 0 Å². The quantitative estimate of drug-likeness (QED) is 0.715. The number of carboxylic acid groups (broad SMARTS) is 1. The van der Waals surface area contributed by atoms with Crippen LogP contribution in [0.15, 0.2) is 0 Å². The molecule has 0 aromatic rings. The fourth-order valence-corrected chi connectivity index (χ4v) is 2.80. The van der Waals surface area contributed by atoms with Gasteiger partial charge in [0.15, 0.2) is 0 Å². The predicted octanol–water partition coefficient (Wildman–Crippen LogP) is 0.517. The van der Waals surface area contributed by atoms with Gasteiger partial charge in [0.1, 0.15) is 0 Å². The number of carbonyl (C=O) groups is 1. The highest BCUT2D eigenvalue weighted by atomic mass is 16.4. The van der Waals surface area contributed by atoms with Crippen molar-refractivity contribution in [2.75, 3.05) is 6.54 Å². The van der Waals surface area contributed by atoms with Crippen LogP contribution in [0.25, 0.3) is 0 Å². The van der Waals surface area contributed by atoms with Crippen molar-refractivity contribution < 1.29 is 9.90 Å². The smallest absolute Gasteiger partial charge is 0.309 e. The molecule has 3 unspecified atom stereocenters. The Bertz CT molecular complexity index is 263.